The lowest BCUT2D eigenvalue weighted by Crippen LogP contribution is -2.40. The van der Waals surface area contributed by atoms with Gasteiger partial charge in [0.05, 0.1) is 5.92 Å². The third kappa shape index (κ3) is 3.76. The molecule has 0 spiro atoms. The summed E-state index contributed by atoms with van der Waals surface area (Å²) in [5, 5.41) is 12.5. The number of nitrogens with one attached hydrogen (secondary N) is 1. The van der Waals surface area contributed by atoms with Crippen molar-refractivity contribution in [1.29, 1.82) is 5.26 Å². The van der Waals surface area contributed by atoms with E-state index in [-0.39, 0.29) is 11.8 Å². The fourth-order valence-electron chi connectivity index (χ4n) is 4.53. The van der Waals surface area contributed by atoms with Crippen LogP contribution in [0.25, 0.3) is 0 Å². The summed E-state index contributed by atoms with van der Waals surface area (Å²) in [7, 11) is 0. The van der Waals surface area contributed by atoms with Crippen molar-refractivity contribution in [3.05, 3.63) is 77.7 Å². The molecule has 160 valence electrons. The fraction of sp³-hybridized carbons (Fsp3) is 0.280. The van der Waals surface area contributed by atoms with Gasteiger partial charge in [-0.05, 0) is 30.9 Å². The molecule has 0 saturated carbocycles. The fourth-order valence-corrected chi connectivity index (χ4v) is 4.53. The molecule has 2 aliphatic rings. The summed E-state index contributed by atoms with van der Waals surface area (Å²) in [6.45, 7) is 2.20. The van der Waals surface area contributed by atoms with E-state index in [2.05, 4.69) is 26.3 Å². The Kier molecular flexibility index (Phi) is 5.42. The van der Waals surface area contributed by atoms with Crippen molar-refractivity contribution in [2.45, 2.75) is 18.8 Å². The van der Waals surface area contributed by atoms with Crippen LogP contribution in [0.5, 0.6) is 11.5 Å². The van der Waals surface area contributed by atoms with Gasteiger partial charge in [0.2, 0.25) is 5.91 Å². The van der Waals surface area contributed by atoms with Gasteiger partial charge < -0.3 is 15.0 Å². The summed E-state index contributed by atoms with van der Waals surface area (Å²) in [5.41, 5.74) is 2.14. The topological polar surface area (TPSA) is 91.1 Å². The number of piperidine rings is 1. The minimum absolute atomic E-state index is 0.00341. The number of hydrogen-bond acceptors (Lipinski definition) is 6. The number of benzene rings is 2. The molecule has 0 unspecified atom stereocenters. The van der Waals surface area contributed by atoms with Crippen molar-refractivity contribution < 1.29 is 9.53 Å². The van der Waals surface area contributed by atoms with Gasteiger partial charge >= 0.3 is 0 Å². The number of hydrogen-bond donors (Lipinski definition) is 1. The van der Waals surface area contributed by atoms with Crippen LogP contribution in [0.2, 0.25) is 0 Å². The van der Waals surface area contributed by atoms with Gasteiger partial charge in [0.1, 0.15) is 17.6 Å². The first kappa shape index (κ1) is 20.0. The van der Waals surface area contributed by atoms with Gasteiger partial charge in [-0.25, -0.2) is 9.97 Å². The number of ether oxygens (including phenoxy) is 1. The predicted molar refractivity (Wildman–Crippen MR) is 119 cm³/mol. The molecule has 1 aromatic heterocycles. The Bertz CT molecular complexity index is 1140. The van der Waals surface area contributed by atoms with E-state index in [4.69, 9.17) is 4.74 Å². The van der Waals surface area contributed by atoms with E-state index in [0.717, 1.165) is 48.6 Å². The van der Waals surface area contributed by atoms with Gasteiger partial charge in [-0.15, -0.1) is 0 Å². The maximum atomic E-state index is 13.3. The monoisotopic (exact) mass is 425 g/mol. The van der Waals surface area contributed by atoms with E-state index < -0.39 is 0 Å². The molecule has 5 rings (SSSR count). The highest BCUT2D eigenvalue weighted by atomic mass is 16.5. The van der Waals surface area contributed by atoms with Crippen LogP contribution < -0.4 is 15.0 Å². The highest BCUT2D eigenvalue weighted by Gasteiger charge is 2.33. The Morgan fingerprint density at radius 1 is 1.03 bits per heavy atom. The first-order valence-electron chi connectivity index (χ1n) is 10.8. The van der Waals surface area contributed by atoms with Crippen molar-refractivity contribution in [3.8, 4) is 17.6 Å². The average molecular weight is 425 g/mol. The van der Waals surface area contributed by atoms with Gasteiger partial charge in [0, 0.05) is 43.2 Å². The van der Waals surface area contributed by atoms with E-state index in [1.807, 2.05) is 48.5 Å². The zero-order valence-corrected chi connectivity index (χ0v) is 17.6. The van der Waals surface area contributed by atoms with Gasteiger partial charge in [-0.1, -0.05) is 36.4 Å². The molecule has 7 nitrogen and oxygen atoms in total. The first-order chi connectivity index (χ1) is 15.7. The molecule has 0 bridgehead atoms. The summed E-state index contributed by atoms with van der Waals surface area (Å²) < 4.78 is 6.01. The van der Waals surface area contributed by atoms with E-state index in [9.17, 15) is 10.1 Å². The molecule has 7 heteroatoms. The third-order valence-electron chi connectivity index (χ3n) is 6.21. The van der Waals surface area contributed by atoms with Crippen molar-refractivity contribution in [1.82, 2.24) is 15.3 Å². The molecule has 2 aromatic carbocycles. The number of nitrogens with zero attached hydrogens (tertiary/aromatic N) is 4. The van der Waals surface area contributed by atoms with Crippen LogP contribution in [0.15, 0.2) is 60.9 Å². The van der Waals surface area contributed by atoms with Gasteiger partial charge in [0.15, 0.2) is 11.5 Å². The summed E-state index contributed by atoms with van der Waals surface area (Å²) in [6, 6.07) is 17.6. The maximum absolute atomic E-state index is 13.3. The van der Waals surface area contributed by atoms with Crippen molar-refractivity contribution >= 4 is 11.7 Å². The van der Waals surface area contributed by atoms with Crippen LogP contribution in [0.4, 0.5) is 5.82 Å². The number of para-hydroxylation sites is 2. The normalized spacial score (nSPS) is 15.8. The van der Waals surface area contributed by atoms with E-state index in [1.165, 1.54) is 6.20 Å². The Morgan fingerprint density at radius 3 is 2.31 bits per heavy atom. The molecule has 1 N–H and O–H groups in total. The lowest BCUT2D eigenvalue weighted by Gasteiger charge is -2.33. The number of fused-ring (bicyclic) bond motifs is 2. The van der Waals surface area contributed by atoms with Crippen LogP contribution in [-0.2, 0) is 4.79 Å². The zero-order valence-electron chi connectivity index (χ0n) is 17.6. The van der Waals surface area contributed by atoms with Crippen molar-refractivity contribution in [2.24, 2.45) is 5.92 Å². The Hall–Kier alpha value is -3.92. The minimum atomic E-state index is -0.381. The molecule has 1 fully saturated rings. The summed E-state index contributed by atoms with van der Waals surface area (Å²) in [4.78, 5) is 23.9. The molecular weight excluding hydrogens is 402 g/mol. The predicted octanol–water partition coefficient (Wildman–Crippen LogP) is 3.62. The standard InChI is InChI=1S/C25H23N5O2/c26-15-20-24(28-12-11-27-20)30-13-9-17(10-14-30)16-29-25(31)23-18-5-1-3-7-21(18)32-22-8-4-2-6-19(22)23/h1-8,11-12,17,23H,9-10,13-14,16H2,(H,29,31). The van der Waals surface area contributed by atoms with E-state index in [1.54, 1.807) is 6.20 Å². The highest BCUT2D eigenvalue weighted by Crippen LogP contribution is 2.43. The van der Waals surface area contributed by atoms with Crippen LogP contribution >= 0.6 is 0 Å². The zero-order chi connectivity index (χ0) is 21.9. The van der Waals surface area contributed by atoms with Crippen molar-refractivity contribution in [3.63, 3.8) is 0 Å². The third-order valence-corrected chi connectivity index (χ3v) is 6.21. The smallest absolute Gasteiger partial charge is 0.232 e. The molecule has 0 atom stereocenters. The molecular formula is C25H23N5O2. The number of amides is 1. The van der Waals surface area contributed by atoms with Crippen molar-refractivity contribution in [2.75, 3.05) is 24.5 Å². The quantitative estimate of drug-likeness (QED) is 0.687. The number of nitriles is 1. The second kappa shape index (κ2) is 8.67. The number of anilines is 1. The van der Waals surface area contributed by atoms with E-state index in [0.29, 0.717) is 24.0 Å². The molecule has 3 aromatic rings. The van der Waals surface area contributed by atoms with Gasteiger partial charge in [-0.2, -0.15) is 5.26 Å². The highest BCUT2D eigenvalue weighted by molar-refractivity contribution is 5.89. The molecule has 0 radical (unpaired) electrons. The number of rotatable bonds is 4. The van der Waals surface area contributed by atoms with Gasteiger partial charge in [0.25, 0.3) is 0 Å². The largest absolute Gasteiger partial charge is 0.457 e. The molecule has 1 saturated heterocycles. The van der Waals surface area contributed by atoms with Gasteiger partial charge in [-0.3, -0.25) is 4.79 Å². The second-order valence-electron chi connectivity index (χ2n) is 8.13. The minimum Gasteiger partial charge on any atom is -0.457 e. The first-order valence-corrected chi connectivity index (χ1v) is 10.8. The van der Waals surface area contributed by atoms with E-state index >= 15 is 0 Å². The number of carbonyl (C=O) groups excluding carboxylic acids is 1. The summed E-state index contributed by atoms with van der Waals surface area (Å²) in [6.07, 6.45) is 4.99. The van der Waals surface area contributed by atoms with Crippen LogP contribution in [0, 0.1) is 17.2 Å². The SMILES string of the molecule is N#Cc1nccnc1N1CCC(CNC(=O)C2c3ccccc3Oc3ccccc32)CC1. The molecule has 1 amide bonds. The Morgan fingerprint density at radius 2 is 1.66 bits per heavy atom. The number of aromatic nitrogens is 2. The van der Waals surface area contributed by atoms with Crippen LogP contribution in [-0.4, -0.2) is 35.5 Å². The number of carbonyl (C=O) groups is 1. The lowest BCUT2D eigenvalue weighted by molar-refractivity contribution is -0.122. The Labute approximate surface area is 186 Å². The molecule has 32 heavy (non-hydrogen) atoms. The second-order valence-corrected chi connectivity index (χ2v) is 8.13. The molecule has 0 aliphatic carbocycles. The average Bonchev–Trinajstić information content (AvgIpc) is 2.86. The molecule has 3 heterocycles. The van der Waals surface area contributed by atoms with Crippen LogP contribution in [0.1, 0.15) is 35.6 Å². The Balaban J connectivity index is 1.24. The maximum Gasteiger partial charge on any atom is 0.232 e. The summed E-state index contributed by atoms with van der Waals surface area (Å²) >= 11 is 0. The van der Waals surface area contributed by atoms with Crippen LogP contribution in [0.3, 0.4) is 0 Å². The summed E-state index contributed by atoms with van der Waals surface area (Å²) in [5.74, 6) is 2.11. The lowest BCUT2D eigenvalue weighted by atomic mass is 9.87. The molecule has 2 aliphatic heterocycles.